The molecule has 5 heteroatoms. The molecule has 5 nitrogen and oxygen atoms in total. The first-order valence-corrected chi connectivity index (χ1v) is 7.15. The van der Waals surface area contributed by atoms with Gasteiger partial charge in [-0.3, -0.25) is 4.79 Å². The van der Waals surface area contributed by atoms with Crippen molar-refractivity contribution in [3.05, 3.63) is 17.7 Å². The molecule has 1 amide bonds. The van der Waals surface area contributed by atoms with Gasteiger partial charge in [0.15, 0.2) is 0 Å². The Kier molecular flexibility index (Phi) is 3.30. The van der Waals surface area contributed by atoms with E-state index in [1.54, 1.807) is 0 Å². The molecular formula is C15H21N3O2. The fourth-order valence-electron chi connectivity index (χ4n) is 3.08. The smallest absolute Gasteiger partial charge is 0.224 e. The molecule has 0 bridgehead atoms. The van der Waals surface area contributed by atoms with E-state index >= 15 is 0 Å². The second-order valence-electron chi connectivity index (χ2n) is 5.78. The Bertz CT molecular complexity index is 534. The zero-order chi connectivity index (χ0) is 14.3. The number of hydrogen-bond acceptors (Lipinski definition) is 4. The number of carbonyl (C=O) groups excluding carboxylic acids is 1. The van der Waals surface area contributed by atoms with E-state index in [2.05, 4.69) is 24.1 Å². The summed E-state index contributed by atoms with van der Waals surface area (Å²) >= 11 is 0. The maximum absolute atomic E-state index is 11.5. The molecule has 20 heavy (non-hydrogen) atoms. The summed E-state index contributed by atoms with van der Waals surface area (Å²) in [7, 11) is 0. The standard InChI is InChI=1S/C15H21N3O2/c1-9-7-18(8-10(2)20-9)14-6-13-11(5-12(14)16)3-4-15(19)17-13/h5-6,9-10H,3-4,7-8,16H2,1-2H3,(H,17,19). The third kappa shape index (κ3) is 2.45. The molecule has 2 unspecified atom stereocenters. The molecule has 2 atom stereocenters. The monoisotopic (exact) mass is 275 g/mol. The maximum atomic E-state index is 11.5. The van der Waals surface area contributed by atoms with Crippen LogP contribution >= 0.6 is 0 Å². The number of anilines is 3. The number of ether oxygens (including phenoxy) is 1. The predicted molar refractivity (Wildman–Crippen MR) is 80.0 cm³/mol. The van der Waals surface area contributed by atoms with Crippen LogP contribution in [0.4, 0.5) is 17.1 Å². The molecule has 2 aliphatic heterocycles. The van der Waals surface area contributed by atoms with Gasteiger partial charge in [-0.1, -0.05) is 0 Å². The molecule has 0 radical (unpaired) electrons. The Morgan fingerprint density at radius 1 is 1.25 bits per heavy atom. The average Bonchev–Trinajstić information content (AvgIpc) is 2.37. The van der Waals surface area contributed by atoms with Crippen molar-refractivity contribution in [2.45, 2.75) is 38.9 Å². The van der Waals surface area contributed by atoms with Crippen molar-refractivity contribution >= 4 is 23.0 Å². The van der Waals surface area contributed by atoms with Gasteiger partial charge in [-0.2, -0.15) is 0 Å². The van der Waals surface area contributed by atoms with E-state index in [1.807, 2.05) is 12.1 Å². The molecule has 108 valence electrons. The molecule has 2 heterocycles. The number of aryl methyl sites for hydroxylation is 1. The van der Waals surface area contributed by atoms with Gasteiger partial charge in [0.2, 0.25) is 5.91 Å². The first kappa shape index (κ1) is 13.2. The molecule has 1 fully saturated rings. The molecule has 1 aromatic rings. The number of rotatable bonds is 1. The van der Waals surface area contributed by atoms with Crippen molar-refractivity contribution < 1.29 is 9.53 Å². The number of hydrogen-bond donors (Lipinski definition) is 2. The number of fused-ring (bicyclic) bond motifs is 1. The van der Waals surface area contributed by atoms with E-state index in [9.17, 15) is 4.79 Å². The van der Waals surface area contributed by atoms with Crippen LogP contribution in [0.15, 0.2) is 12.1 Å². The minimum absolute atomic E-state index is 0.0805. The van der Waals surface area contributed by atoms with Crippen LogP contribution in [0.1, 0.15) is 25.8 Å². The zero-order valence-electron chi connectivity index (χ0n) is 12.0. The Balaban J connectivity index is 1.93. The SMILES string of the molecule is CC1CN(c2cc3c(cc2N)CCC(=O)N3)CC(C)O1. The summed E-state index contributed by atoms with van der Waals surface area (Å²) in [5, 5.41) is 2.94. The van der Waals surface area contributed by atoms with E-state index < -0.39 is 0 Å². The summed E-state index contributed by atoms with van der Waals surface area (Å²) in [6.07, 6.45) is 1.67. The maximum Gasteiger partial charge on any atom is 0.224 e. The van der Waals surface area contributed by atoms with Crippen molar-refractivity contribution in [3.8, 4) is 0 Å². The highest BCUT2D eigenvalue weighted by atomic mass is 16.5. The Morgan fingerprint density at radius 3 is 2.65 bits per heavy atom. The summed E-state index contributed by atoms with van der Waals surface area (Å²) in [5.74, 6) is 0.0805. The van der Waals surface area contributed by atoms with Crippen LogP contribution in [0.5, 0.6) is 0 Å². The van der Waals surface area contributed by atoms with Gasteiger partial charge in [-0.05, 0) is 38.0 Å². The van der Waals surface area contributed by atoms with Gasteiger partial charge >= 0.3 is 0 Å². The number of morpholine rings is 1. The quantitative estimate of drug-likeness (QED) is 0.766. The lowest BCUT2D eigenvalue weighted by atomic mass is 10.0. The van der Waals surface area contributed by atoms with Gasteiger partial charge in [0.05, 0.1) is 23.6 Å². The Morgan fingerprint density at radius 2 is 1.95 bits per heavy atom. The molecular weight excluding hydrogens is 254 g/mol. The van der Waals surface area contributed by atoms with Gasteiger partial charge in [0.1, 0.15) is 0 Å². The topological polar surface area (TPSA) is 67.6 Å². The van der Waals surface area contributed by atoms with Crippen molar-refractivity contribution in [1.29, 1.82) is 0 Å². The summed E-state index contributed by atoms with van der Waals surface area (Å²) in [6, 6.07) is 4.00. The molecule has 3 rings (SSSR count). The third-order valence-corrected chi connectivity index (χ3v) is 3.91. The number of amides is 1. The second-order valence-corrected chi connectivity index (χ2v) is 5.78. The normalized spacial score (nSPS) is 26.1. The van der Waals surface area contributed by atoms with Gasteiger partial charge in [-0.15, -0.1) is 0 Å². The molecule has 2 aliphatic rings. The lowest BCUT2D eigenvalue weighted by molar-refractivity contribution is -0.116. The first-order chi connectivity index (χ1) is 9.52. The predicted octanol–water partition coefficient (Wildman–Crippen LogP) is 1.77. The van der Waals surface area contributed by atoms with Crippen LogP contribution < -0.4 is 16.0 Å². The highest BCUT2D eigenvalue weighted by Gasteiger charge is 2.25. The van der Waals surface area contributed by atoms with Crippen LogP contribution in [0.25, 0.3) is 0 Å². The largest absolute Gasteiger partial charge is 0.397 e. The summed E-state index contributed by atoms with van der Waals surface area (Å²) in [6.45, 7) is 5.78. The number of nitrogen functional groups attached to an aromatic ring is 1. The van der Waals surface area contributed by atoms with Gasteiger partial charge in [0, 0.05) is 25.2 Å². The van der Waals surface area contributed by atoms with Crippen molar-refractivity contribution in [3.63, 3.8) is 0 Å². The number of benzene rings is 1. The fourth-order valence-corrected chi connectivity index (χ4v) is 3.08. The molecule has 0 aliphatic carbocycles. The van der Waals surface area contributed by atoms with Gasteiger partial charge < -0.3 is 20.7 Å². The third-order valence-electron chi connectivity index (χ3n) is 3.91. The Labute approximate surface area is 119 Å². The van der Waals surface area contributed by atoms with Crippen molar-refractivity contribution in [2.75, 3.05) is 29.0 Å². The number of nitrogens with zero attached hydrogens (tertiary/aromatic N) is 1. The zero-order valence-corrected chi connectivity index (χ0v) is 12.0. The van der Waals surface area contributed by atoms with E-state index in [-0.39, 0.29) is 18.1 Å². The molecule has 1 saturated heterocycles. The highest BCUT2D eigenvalue weighted by molar-refractivity contribution is 5.95. The van der Waals surface area contributed by atoms with Crippen LogP contribution in [0.2, 0.25) is 0 Å². The van der Waals surface area contributed by atoms with E-state index in [0.717, 1.165) is 42.1 Å². The first-order valence-electron chi connectivity index (χ1n) is 7.15. The van der Waals surface area contributed by atoms with E-state index in [0.29, 0.717) is 6.42 Å². The van der Waals surface area contributed by atoms with Gasteiger partial charge in [-0.25, -0.2) is 0 Å². The van der Waals surface area contributed by atoms with Crippen LogP contribution in [-0.2, 0) is 16.0 Å². The van der Waals surface area contributed by atoms with E-state index in [1.165, 1.54) is 0 Å². The second kappa shape index (κ2) is 4.98. The molecule has 0 spiro atoms. The lowest BCUT2D eigenvalue weighted by Gasteiger charge is -2.38. The highest BCUT2D eigenvalue weighted by Crippen LogP contribution is 2.34. The summed E-state index contributed by atoms with van der Waals surface area (Å²) in [5.41, 5.74) is 10.0. The van der Waals surface area contributed by atoms with Crippen LogP contribution in [-0.4, -0.2) is 31.2 Å². The van der Waals surface area contributed by atoms with Crippen LogP contribution in [0.3, 0.4) is 0 Å². The lowest BCUT2D eigenvalue weighted by Crippen LogP contribution is -2.45. The summed E-state index contributed by atoms with van der Waals surface area (Å²) < 4.78 is 5.76. The average molecular weight is 275 g/mol. The Hall–Kier alpha value is -1.75. The molecule has 1 aromatic carbocycles. The minimum Gasteiger partial charge on any atom is -0.397 e. The molecule has 0 aromatic heterocycles. The molecule has 0 saturated carbocycles. The fraction of sp³-hybridized carbons (Fsp3) is 0.533. The minimum atomic E-state index is 0.0805. The van der Waals surface area contributed by atoms with Gasteiger partial charge in [0.25, 0.3) is 0 Å². The number of nitrogens with two attached hydrogens (primary N) is 1. The van der Waals surface area contributed by atoms with Crippen molar-refractivity contribution in [2.24, 2.45) is 0 Å². The van der Waals surface area contributed by atoms with Crippen LogP contribution in [0, 0.1) is 0 Å². The summed E-state index contributed by atoms with van der Waals surface area (Å²) in [4.78, 5) is 13.8. The number of carbonyl (C=O) groups is 1. The molecule has 3 N–H and O–H groups in total. The number of nitrogens with one attached hydrogen (secondary N) is 1. The van der Waals surface area contributed by atoms with Crippen molar-refractivity contribution in [1.82, 2.24) is 0 Å². The van der Waals surface area contributed by atoms with E-state index in [4.69, 9.17) is 10.5 Å².